The molecule has 0 unspecified atom stereocenters. The summed E-state index contributed by atoms with van der Waals surface area (Å²) in [5, 5.41) is 32.4. The first kappa shape index (κ1) is 38.8. The topological polar surface area (TPSA) is 178 Å². The van der Waals surface area contributed by atoms with E-state index in [0.29, 0.717) is 43.1 Å². The molecule has 4 atom stereocenters. The third-order valence-electron chi connectivity index (χ3n) is 10.5. The van der Waals surface area contributed by atoms with Crippen LogP contribution in [0.25, 0.3) is 21.7 Å². The molecule has 54 heavy (non-hydrogen) atoms. The van der Waals surface area contributed by atoms with E-state index < -0.39 is 23.5 Å². The fourth-order valence-corrected chi connectivity index (χ4v) is 8.13. The van der Waals surface area contributed by atoms with Crippen LogP contribution in [0.3, 0.4) is 0 Å². The van der Waals surface area contributed by atoms with Crippen LogP contribution in [-0.4, -0.2) is 104 Å². The highest BCUT2D eigenvalue weighted by molar-refractivity contribution is 7.13. The highest BCUT2D eigenvalue weighted by Gasteiger charge is 2.44. The van der Waals surface area contributed by atoms with Crippen LogP contribution in [0.5, 0.6) is 5.75 Å². The number of hydrogen-bond acceptors (Lipinski definition) is 12. The SMILES string of the molecule is Cc1ncsc1-c1ccc([C@H](C)NC(=O)[C@@H]2C[C@H](O)CN2C(=O)[C@@H](CC(=O)CN2CCN(c3cc(-c4ccccc4O)nnc3N)CC2)C(C)(C)C)cc1. The minimum atomic E-state index is -0.844. The lowest BCUT2D eigenvalue weighted by Crippen LogP contribution is -2.51. The number of carbonyl (C=O) groups is 3. The van der Waals surface area contributed by atoms with E-state index in [-0.39, 0.29) is 61.1 Å². The molecule has 2 amide bonds. The lowest BCUT2D eigenvalue weighted by Gasteiger charge is -2.37. The lowest BCUT2D eigenvalue weighted by atomic mass is 9.76. The molecule has 286 valence electrons. The molecule has 0 saturated carbocycles. The largest absolute Gasteiger partial charge is 0.507 e. The number of nitrogen functional groups attached to an aromatic ring is 1. The van der Waals surface area contributed by atoms with Crippen LogP contribution >= 0.6 is 11.3 Å². The van der Waals surface area contributed by atoms with Gasteiger partial charge in [0.1, 0.15) is 17.6 Å². The molecule has 0 aliphatic carbocycles. The number of hydrogen-bond donors (Lipinski definition) is 4. The van der Waals surface area contributed by atoms with E-state index in [4.69, 9.17) is 5.73 Å². The summed E-state index contributed by atoms with van der Waals surface area (Å²) in [5.41, 5.74) is 12.2. The van der Waals surface area contributed by atoms with Gasteiger partial charge in [-0.2, -0.15) is 0 Å². The Hall–Kier alpha value is -4.92. The van der Waals surface area contributed by atoms with Crippen LogP contribution in [0.15, 0.2) is 60.1 Å². The number of para-hydroxylation sites is 1. The first-order chi connectivity index (χ1) is 25.7. The van der Waals surface area contributed by atoms with Crippen LogP contribution in [-0.2, 0) is 14.4 Å². The van der Waals surface area contributed by atoms with Crippen LogP contribution in [0, 0.1) is 18.3 Å². The van der Waals surface area contributed by atoms with Crippen LogP contribution in [0.4, 0.5) is 11.5 Å². The van der Waals surface area contributed by atoms with Crippen molar-refractivity contribution in [2.24, 2.45) is 11.3 Å². The predicted octanol–water partition coefficient (Wildman–Crippen LogP) is 4.45. The third-order valence-corrected chi connectivity index (χ3v) is 11.5. The summed E-state index contributed by atoms with van der Waals surface area (Å²) in [4.78, 5) is 52.6. The number of rotatable bonds is 11. The number of aryl methyl sites for hydroxylation is 1. The smallest absolute Gasteiger partial charge is 0.243 e. The summed E-state index contributed by atoms with van der Waals surface area (Å²) in [6.07, 6.45) is -0.681. The minimum absolute atomic E-state index is 0.0244. The molecule has 0 bridgehead atoms. The van der Waals surface area contributed by atoms with Crippen molar-refractivity contribution in [1.82, 2.24) is 30.3 Å². The minimum Gasteiger partial charge on any atom is -0.507 e. The van der Waals surface area contributed by atoms with Crippen molar-refractivity contribution in [2.45, 2.75) is 65.6 Å². The Labute approximate surface area is 320 Å². The van der Waals surface area contributed by atoms with Crippen LogP contribution < -0.4 is 16.0 Å². The number of nitrogens with zero attached hydrogens (tertiary/aromatic N) is 6. The molecule has 4 heterocycles. The van der Waals surface area contributed by atoms with Crippen molar-refractivity contribution in [3.8, 4) is 27.4 Å². The second-order valence-electron chi connectivity index (χ2n) is 15.5. The third kappa shape index (κ3) is 8.72. The van der Waals surface area contributed by atoms with Gasteiger partial charge in [-0.05, 0) is 48.6 Å². The van der Waals surface area contributed by atoms with E-state index in [0.717, 1.165) is 21.7 Å². The highest BCUT2D eigenvalue weighted by atomic mass is 32.1. The summed E-state index contributed by atoms with van der Waals surface area (Å²) >= 11 is 1.58. The zero-order chi connectivity index (χ0) is 38.7. The number of anilines is 2. The number of ketones is 1. The number of nitrogens with one attached hydrogen (secondary N) is 1. The number of phenolic OH excluding ortho intramolecular Hbond substituents is 1. The molecule has 0 radical (unpaired) electrons. The second kappa shape index (κ2) is 16.2. The molecule has 2 aromatic heterocycles. The molecule has 6 rings (SSSR count). The quantitative estimate of drug-likeness (QED) is 0.170. The Balaban J connectivity index is 1.06. The number of amides is 2. The zero-order valence-electron chi connectivity index (χ0n) is 31.5. The maximum absolute atomic E-state index is 14.2. The molecule has 13 nitrogen and oxygen atoms in total. The average Bonchev–Trinajstić information content (AvgIpc) is 3.76. The first-order valence-electron chi connectivity index (χ1n) is 18.4. The molecule has 2 saturated heterocycles. The molecule has 2 aromatic carbocycles. The van der Waals surface area contributed by atoms with Crippen LogP contribution in [0.1, 0.15) is 57.8 Å². The summed E-state index contributed by atoms with van der Waals surface area (Å²) in [5.74, 6) is -0.972. The van der Waals surface area contributed by atoms with Crippen molar-refractivity contribution in [3.05, 3.63) is 71.4 Å². The number of carbonyl (C=O) groups excluding carboxylic acids is 3. The van der Waals surface area contributed by atoms with E-state index in [9.17, 15) is 24.6 Å². The maximum Gasteiger partial charge on any atom is 0.243 e. The second-order valence-corrected chi connectivity index (χ2v) is 16.3. The molecular formula is C40H50N8O5S. The van der Waals surface area contributed by atoms with Gasteiger partial charge in [0, 0.05) is 57.0 Å². The van der Waals surface area contributed by atoms with Gasteiger partial charge < -0.3 is 31.1 Å². The number of aromatic hydroxyl groups is 1. The number of aromatic nitrogens is 3. The number of likely N-dealkylation sites (tertiary alicyclic amines) is 1. The maximum atomic E-state index is 14.2. The van der Waals surface area contributed by atoms with E-state index >= 15 is 0 Å². The standard InChI is InChI=1S/C40H50N8O5S/c1-24(26-10-12-27(13-11-26)36-25(2)42-23-54-36)43-38(52)34-19-29(50)22-48(34)39(53)31(40(3,4)5)18-28(49)21-46-14-16-47(17-15-46)33-20-32(44-45-37(33)41)30-8-6-7-9-35(30)51/h6-13,20,23-24,29,31,34,50-51H,14-19,21-22H2,1-5H3,(H2,41,45)(H,43,52)/t24-,29-,31+,34-/m0/s1. The normalized spacial score (nSPS) is 19.1. The van der Waals surface area contributed by atoms with Gasteiger partial charge in [-0.3, -0.25) is 19.3 Å². The summed E-state index contributed by atoms with van der Waals surface area (Å²) in [7, 11) is 0. The van der Waals surface area contributed by atoms with Gasteiger partial charge in [-0.15, -0.1) is 21.5 Å². The Kier molecular flexibility index (Phi) is 11.6. The molecule has 2 aliphatic heterocycles. The first-order valence-corrected chi connectivity index (χ1v) is 19.3. The number of phenols is 1. The highest BCUT2D eigenvalue weighted by Crippen LogP contribution is 2.35. The van der Waals surface area contributed by atoms with Gasteiger partial charge in [-0.25, -0.2) is 4.98 Å². The van der Waals surface area contributed by atoms with Crippen molar-refractivity contribution in [3.63, 3.8) is 0 Å². The Morgan fingerprint density at radius 1 is 1.04 bits per heavy atom. The van der Waals surface area contributed by atoms with Gasteiger partial charge in [0.25, 0.3) is 0 Å². The predicted molar refractivity (Wildman–Crippen MR) is 210 cm³/mol. The van der Waals surface area contributed by atoms with Gasteiger partial charge in [0.2, 0.25) is 11.8 Å². The number of thiazole rings is 1. The van der Waals surface area contributed by atoms with Gasteiger partial charge in [0.05, 0.1) is 46.2 Å². The number of β-amino-alcohol motifs (C(OH)–C–C–N with tert-alkyl or cyclic N) is 1. The van der Waals surface area contributed by atoms with E-state index in [2.05, 4.69) is 30.3 Å². The van der Waals surface area contributed by atoms with Crippen molar-refractivity contribution in [1.29, 1.82) is 0 Å². The van der Waals surface area contributed by atoms with Gasteiger partial charge >= 0.3 is 0 Å². The molecule has 4 aromatic rings. The Bertz CT molecular complexity index is 1970. The molecule has 2 aliphatic rings. The van der Waals surface area contributed by atoms with Crippen molar-refractivity contribution < 1.29 is 24.6 Å². The Morgan fingerprint density at radius 3 is 2.39 bits per heavy atom. The fourth-order valence-electron chi connectivity index (χ4n) is 7.32. The number of nitrogens with two attached hydrogens (primary N) is 1. The lowest BCUT2D eigenvalue weighted by molar-refractivity contribution is -0.146. The molecule has 5 N–H and O–H groups in total. The Morgan fingerprint density at radius 2 is 1.74 bits per heavy atom. The van der Waals surface area contributed by atoms with E-state index in [1.807, 2.05) is 76.5 Å². The summed E-state index contributed by atoms with van der Waals surface area (Å²) in [6, 6.07) is 15.6. The average molecular weight is 755 g/mol. The van der Waals surface area contributed by atoms with E-state index in [1.165, 1.54) is 4.90 Å². The summed E-state index contributed by atoms with van der Waals surface area (Å²) in [6.45, 7) is 12.3. The van der Waals surface area contributed by atoms with Gasteiger partial charge in [-0.1, -0.05) is 57.2 Å². The number of Topliss-reactive ketones (excluding diaryl/α,β-unsaturated/α-hetero) is 1. The van der Waals surface area contributed by atoms with Gasteiger partial charge in [0.15, 0.2) is 5.82 Å². The van der Waals surface area contributed by atoms with Crippen LogP contribution in [0.2, 0.25) is 0 Å². The molecule has 14 heteroatoms. The summed E-state index contributed by atoms with van der Waals surface area (Å²) < 4.78 is 0. The monoisotopic (exact) mass is 754 g/mol. The molecule has 2 fully saturated rings. The number of piperazine rings is 1. The number of benzene rings is 2. The molecular weight excluding hydrogens is 705 g/mol. The van der Waals surface area contributed by atoms with Crippen molar-refractivity contribution >= 4 is 40.4 Å². The van der Waals surface area contributed by atoms with Crippen molar-refractivity contribution in [2.75, 3.05) is 49.9 Å². The number of aliphatic hydroxyl groups is 1. The number of aliphatic hydroxyl groups excluding tert-OH is 1. The zero-order valence-corrected chi connectivity index (χ0v) is 32.3. The fraction of sp³-hybridized carbons (Fsp3) is 0.450. The van der Waals surface area contributed by atoms with E-state index in [1.54, 1.807) is 29.5 Å². The molecule has 0 spiro atoms.